The van der Waals surface area contributed by atoms with Crippen LogP contribution in [0.25, 0.3) is 16.7 Å². The lowest BCUT2D eigenvalue weighted by molar-refractivity contribution is -0.116. The average molecular weight is 495 g/mol. The topological polar surface area (TPSA) is 152 Å². The Bertz CT molecular complexity index is 1570. The van der Waals surface area contributed by atoms with Crippen molar-refractivity contribution in [2.24, 2.45) is 0 Å². The van der Waals surface area contributed by atoms with Crippen molar-refractivity contribution >= 4 is 40.2 Å². The molecule has 37 heavy (non-hydrogen) atoms. The number of anilines is 3. The molecule has 4 aromatic rings. The highest BCUT2D eigenvalue weighted by atomic mass is 16.2. The number of allylic oxidation sites excluding steroid dienone is 2. The van der Waals surface area contributed by atoms with Crippen LogP contribution >= 0.6 is 0 Å². The molecule has 11 nitrogen and oxygen atoms in total. The van der Waals surface area contributed by atoms with Gasteiger partial charge in [0, 0.05) is 19.0 Å². The van der Waals surface area contributed by atoms with Crippen LogP contribution in [0, 0.1) is 18.3 Å². The predicted octanol–water partition coefficient (Wildman–Crippen LogP) is 3.29. The van der Waals surface area contributed by atoms with E-state index in [2.05, 4.69) is 36.8 Å². The Balaban J connectivity index is 1.38. The second kappa shape index (κ2) is 9.58. The van der Waals surface area contributed by atoms with Crippen molar-refractivity contribution in [3.63, 3.8) is 0 Å². The number of nitrogens with two attached hydrogens (primary N) is 1. The van der Waals surface area contributed by atoms with Gasteiger partial charge in [0.05, 0.1) is 18.1 Å². The smallest absolute Gasteiger partial charge is 0.245 e. The first-order chi connectivity index (χ1) is 17.9. The number of benzene rings is 1. The van der Waals surface area contributed by atoms with Gasteiger partial charge in [0.15, 0.2) is 17.0 Å². The Labute approximate surface area is 213 Å². The number of hydrogen-bond donors (Lipinski definition) is 3. The molecule has 186 valence electrons. The van der Waals surface area contributed by atoms with Crippen molar-refractivity contribution in [3.8, 4) is 6.07 Å². The molecule has 1 aliphatic rings. The number of amides is 1. The first-order valence-electron chi connectivity index (χ1n) is 11.9. The van der Waals surface area contributed by atoms with Crippen LogP contribution in [0.15, 0.2) is 61.0 Å². The zero-order valence-electron chi connectivity index (χ0n) is 20.5. The van der Waals surface area contributed by atoms with Crippen LogP contribution < -0.4 is 16.4 Å². The van der Waals surface area contributed by atoms with E-state index >= 15 is 0 Å². The molecule has 1 aromatic carbocycles. The molecule has 5 rings (SSSR count). The maximum absolute atomic E-state index is 12.8. The zero-order chi connectivity index (χ0) is 26.0. The number of fused-ring (bicyclic) bond motifs is 1. The standard InChI is InChI=1S/C26H26N10O/c1-3-36-20(13-17(2)34-36)30-21(37)14-35-16-29-22-23(31-25(28)32-24(22)35)33-26(15-27)11-9-19(10-12-26)18-7-5-4-6-8-18/h4-11,13,16H,3,12,14H2,1-2H3,(H,30,37)(H3,28,31,32,33). The van der Waals surface area contributed by atoms with E-state index < -0.39 is 5.54 Å². The number of nitrogen functional groups attached to an aromatic ring is 1. The first kappa shape index (κ1) is 23.7. The lowest BCUT2D eigenvalue weighted by Gasteiger charge is -2.27. The van der Waals surface area contributed by atoms with E-state index in [4.69, 9.17) is 5.73 Å². The quantitative estimate of drug-likeness (QED) is 0.354. The normalized spacial score (nSPS) is 16.8. The van der Waals surface area contributed by atoms with Crippen molar-refractivity contribution in [1.82, 2.24) is 29.3 Å². The van der Waals surface area contributed by atoms with Gasteiger partial charge in [-0.15, -0.1) is 0 Å². The molecular formula is C26H26N10O. The molecule has 1 aliphatic carbocycles. The Morgan fingerprint density at radius 2 is 2.08 bits per heavy atom. The first-order valence-corrected chi connectivity index (χ1v) is 11.9. The Kier molecular flexibility index (Phi) is 6.15. The van der Waals surface area contributed by atoms with Gasteiger partial charge in [-0.2, -0.15) is 20.3 Å². The fourth-order valence-corrected chi connectivity index (χ4v) is 4.29. The number of nitrogens with zero attached hydrogens (tertiary/aromatic N) is 7. The summed E-state index contributed by atoms with van der Waals surface area (Å²) < 4.78 is 3.31. The summed E-state index contributed by atoms with van der Waals surface area (Å²) in [5.41, 5.74) is 8.70. The number of imidazole rings is 1. The average Bonchev–Trinajstić information content (AvgIpc) is 3.47. The number of nitrogens with one attached hydrogen (secondary N) is 2. The molecule has 3 aromatic heterocycles. The molecule has 1 amide bonds. The van der Waals surface area contributed by atoms with Gasteiger partial charge in [0.25, 0.3) is 0 Å². The third-order valence-corrected chi connectivity index (χ3v) is 6.10. The molecule has 0 aliphatic heterocycles. The number of aromatic nitrogens is 6. The van der Waals surface area contributed by atoms with Crippen molar-refractivity contribution in [1.29, 1.82) is 5.26 Å². The predicted molar refractivity (Wildman–Crippen MR) is 141 cm³/mol. The highest BCUT2D eigenvalue weighted by molar-refractivity contribution is 5.92. The van der Waals surface area contributed by atoms with Gasteiger partial charge in [-0.05, 0) is 31.1 Å². The second-order valence-corrected chi connectivity index (χ2v) is 8.78. The fourth-order valence-electron chi connectivity index (χ4n) is 4.29. The molecular weight excluding hydrogens is 468 g/mol. The van der Waals surface area contributed by atoms with Crippen molar-refractivity contribution in [2.45, 2.75) is 38.9 Å². The van der Waals surface area contributed by atoms with E-state index in [1.165, 1.54) is 6.33 Å². The van der Waals surface area contributed by atoms with Gasteiger partial charge in [-0.25, -0.2) is 9.67 Å². The van der Waals surface area contributed by atoms with E-state index in [-0.39, 0.29) is 18.4 Å². The molecule has 4 N–H and O–H groups in total. The highest BCUT2D eigenvalue weighted by Crippen LogP contribution is 2.31. The number of hydrogen-bond acceptors (Lipinski definition) is 8. The minimum absolute atomic E-state index is 0.00485. The molecule has 0 radical (unpaired) electrons. The minimum atomic E-state index is -1.04. The molecule has 11 heteroatoms. The van der Waals surface area contributed by atoms with Gasteiger partial charge in [-0.3, -0.25) is 4.79 Å². The molecule has 3 heterocycles. The second-order valence-electron chi connectivity index (χ2n) is 8.78. The Morgan fingerprint density at radius 1 is 1.27 bits per heavy atom. The van der Waals surface area contributed by atoms with Gasteiger partial charge in [-0.1, -0.05) is 42.5 Å². The molecule has 0 saturated carbocycles. The monoisotopic (exact) mass is 494 g/mol. The Hall–Kier alpha value is -4.98. The van der Waals surface area contributed by atoms with Crippen LogP contribution in [0.3, 0.4) is 0 Å². The lowest BCUT2D eigenvalue weighted by atomic mass is 9.87. The summed E-state index contributed by atoms with van der Waals surface area (Å²) in [4.78, 5) is 25.8. The third kappa shape index (κ3) is 4.77. The summed E-state index contributed by atoms with van der Waals surface area (Å²) in [5.74, 6) is 0.686. The number of rotatable bonds is 7. The van der Waals surface area contributed by atoms with E-state index in [1.807, 2.05) is 68.5 Å². The zero-order valence-corrected chi connectivity index (χ0v) is 20.5. The van der Waals surface area contributed by atoms with Crippen LogP contribution in [-0.2, 0) is 17.9 Å². The van der Waals surface area contributed by atoms with Crippen LogP contribution in [-0.4, -0.2) is 40.7 Å². The number of carbonyl (C=O) groups excluding carboxylic acids is 1. The van der Waals surface area contributed by atoms with Gasteiger partial charge >= 0.3 is 0 Å². The summed E-state index contributed by atoms with van der Waals surface area (Å²) >= 11 is 0. The summed E-state index contributed by atoms with van der Waals surface area (Å²) in [7, 11) is 0. The van der Waals surface area contributed by atoms with Crippen LogP contribution in [0.4, 0.5) is 17.6 Å². The number of carbonyl (C=O) groups is 1. The molecule has 1 unspecified atom stereocenters. The van der Waals surface area contributed by atoms with E-state index in [1.54, 1.807) is 9.25 Å². The summed E-state index contributed by atoms with van der Waals surface area (Å²) in [6.07, 6.45) is 7.68. The minimum Gasteiger partial charge on any atom is -0.368 e. The van der Waals surface area contributed by atoms with E-state index in [0.29, 0.717) is 35.8 Å². The van der Waals surface area contributed by atoms with Crippen molar-refractivity contribution in [3.05, 3.63) is 72.2 Å². The summed E-state index contributed by atoms with van der Waals surface area (Å²) in [6.45, 7) is 4.42. The maximum Gasteiger partial charge on any atom is 0.245 e. The molecule has 0 spiro atoms. The van der Waals surface area contributed by atoms with Gasteiger partial charge < -0.3 is 20.9 Å². The van der Waals surface area contributed by atoms with Gasteiger partial charge in [0.1, 0.15) is 17.9 Å². The summed E-state index contributed by atoms with van der Waals surface area (Å²) in [5, 5.41) is 20.5. The number of nitriles is 1. The Morgan fingerprint density at radius 3 is 2.78 bits per heavy atom. The maximum atomic E-state index is 12.8. The van der Waals surface area contributed by atoms with Crippen LogP contribution in [0.2, 0.25) is 0 Å². The lowest BCUT2D eigenvalue weighted by Crippen LogP contribution is -2.35. The number of aryl methyl sites for hydroxylation is 2. The molecule has 0 fully saturated rings. The fraction of sp³-hybridized carbons (Fsp3) is 0.231. The third-order valence-electron chi connectivity index (χ3n) is 6.10. The highest BCUT2D eigenvalue weighted by Gasteiger charge is 2.30. The largest absolute Gasteiger partial charge is 0.368 e. The summed E-state index contributed by atoms with van der Waals surface area (Å²) in [6, 6.07) is 14.1. The molecule has 0 bridgehead atoms. The molecule has 1 atom stereocenters. The van der Waals surface area contributed by atoms with Crippen LogP contribution in [0.1, 0.15) is 24.6 Å². The van der Waals surface area contributed by atoms with Gasteiger partial charge in [0.2, 0.25) is 11.9 Å². The van der Waals surface area contributed by atoms with Crippen molar-refractivity contribution < 1.29 is 4.79 Å². The van der Waals surface area contributed by atoms with Crippen LogP contribution in [0.5, 0.6) is 0 Å². The van der Waals surface area contributed by atoms with E-state index in [9.17, 15) is 10.1 Å². The van der Waals surface area contributed by atoms with Crippen molar-refractivity contribution in [2.75, 3.05) is 16.4 Å². The SMILES string of the molecule is CCn1nc(C)cc1NC(=O)Cn1cnc2c(NC3(C#N)C=CC(c4ccccc4)=CC3)nc(N)nc21. The van der Waals surface area contributed by atoms with E-state index in [0.717, 1.165) is 16.8 Å². The molecule has 0 saturated heterocycles.